The fourth-order valence-electron chi connectivity index (χ4n) is 1.00. The average molecular weight is 231 g/mol. The maximum Gasteiger partial charge on any atom is 0.338 e. The number of ether oxygens (including phenoxy) is 1. The Morgan fingerprint density at radius 3 is 2.86 bits per heavy atom. The van der Waals surface area contributed by atoms with E-state index in [9.17, 15) is 4.79 Å². The van der Waals surface area contributed by atoms with Crippen LogP contribution in [0.2, 0.25) is 5.02 Å². The minimum Gasteiger partial charge on any atom is -0.462 e. The lowest BCUT2D eigenvalue weighted by Gasteiger charge is -2.04. The molecule has 0 heterocycles. The van der Waals surface area contributed by atoms with E-state index in [0.717, 1.165) is 4.90 Å². The van der Waals surface area contributed by atoms with Crippen molar-refractivity contribution >= 4 is 29.3 Å². The van der Waals surface area contributed by atoms with Crippen LogP contribution in [0.15, 0.2) is 23.1 Å². The van der Waals surface area contributed by atoms with Crippen LogP contribution in [0.25, 0.3) is 0 Å². The summed E-state index contributed by atoms with van der Waals surface area (Å²) in [7, 11) is 0. The molecule has 0 atom stereocenters. The van der Waals surface area contributed by atoms with E-state index < -0.39 is 0 Å². The van der Waals surface area contributed by atoms with E-state index in [1.807, 2.05) is 6.26 Å². The van der Waals surface area contributed by atoms with Crippen molar-refractivity contribution in [2.45, 2.75) is 11.8 Å². The quantitative estimate of drug-likeness (QED) is 0.589. The molecule has 0 spiro atoms. The SMILES string of the molecule is CCOC(=O)c1ccc(Cl)c(SC)c1. The number of benzene rings is 1. The van der Waals surface area contributed by atoms with Crippen LogP contribution in [0.4, 0.5) is 0 Å². The van der Waals surface area contributed by atoms with Crippen molar-refractivity contribution in [2.24, 2.45) is 0 Å². The van der Waals surface area contributed by atoms with Crippen LogP contribution in [0.5, 0.6) is 0 Å². The van der Waals surface area contributed by atoms with Gasteiger partial charge in [0.15, 0.2) is 0 Å². The number of hydrogen-bond acceptors (Lipinski definition) is 3. The third-order valence-electron chi connectivity index (χ3n) is 1.66. The molecule has 0 N–H and O–H groups in total. The molecule has 0 aromatic heterocycles. The van der Waals surface area contributed by atoms with Crippen LogP contribution in [-0.4, -0.2) is 18.8 Å². The minimum atomic E-state index is -0.306. The molecule has 0 aliphatic rings. The Hall–Kier alpha value is -0.670. The molecule has 0 saturated heterocycles. The summed E-state index contributed by atoms with van der Waals surface area (Å²) in [5, 5.41) is 0.658. The monoisotopic (exact) mass is 230 g/mol. The fourth-order valence-corrected chi connectivity index (χ4v) is 1.86. The molecule has 0 amide bonds. The maximum atomic E-state index is 11.3. The highest BCUT2D eigenvalue weighted by Crippen LogP contribution is 2.26. The second kappa shape index (κ2) is 5.27. The van der Waals surface area contributed by atoms with E-state index in [1.165, 1.54) is 11.8 Å². The predicted molar refractivity (Wildman–Crippen MR) is 59.2 cm³/mol. The molecule has 0 aliphatic carbocycles. The number of thioether (sulfide) groups is 1. The Labute approximate surface area is 92.6 Å². The van der Waals surface area contributed by atoms with Crippen LogP contribution in [-0.2, 0) is 4.74 Å². The summed E-state index contributed by atoms with van der Waals surface area (Å²) in [4.78, 5) is 12.2. The molecule has 14 heavy (non-hydrogen) atoms. The summed E-state index contributed by atoms with van der Waals surface area (Å²) < 4.78 is 4.88. The van der Waals surface area contributed by atoms with E-state index in [0.29, 0.717) is 17.2 Å². The van der Waals surface area contributed by atoms with Gasteiger partial charge in [0.05, 0.1) is 17.2 Å². The van der Waals surface area contributed by atoms with Gasteiger partial charge in [-0.1, -0.05) is 11.6 Å². The molecular formula is C10H11ClO2S. The summed E-state index contributed by atoms with van der Waals surface area (Å²) in [6.07, 6.45) is 1.91. The van der Waals surface area contributed by atoms with E-state index in [1.54, 1.807) is 25.1 Å². The Morgan fingerprint density at radius 2 is 2.29 bits per heavy atom. The molecule has 0 radical (unpaired) electrons. The lowest BCUT2D eigenvalue weighted by atomic mass is 10.2. The zero-order chi connectivity index (χ0) is 10.6. The molecule has 0 saturated carbocycles. The van der Waals surface area contributed by atoms with Gasteiger partial charge in [0.2, 0.25) is 0 Å². The Kier molecular flexibility index (Phi) is 4.29. The molecule has 76 valence electrons. The first-order valence-electron chi connectivity index (χ1n) is 4.19. The third-order valence-corrected chi connectivity index (χ3v) is 2.88. The van der Waals surface area contributed by atoms with Gasteiger partial charge in [0, 0.05) is 4.90 Å². The minimum absolute atomic E-state index is 0.306. The van der Waals surface area contributed by atoms with Crippen molar-refractivity contribution in [1.82, 2.24) is 0 Å². The van der Waals surface area contributed by atoms with Crippen molar-refractivity contribution in [3.63, 3.8) is 0 Å². The van der Waals surface area contributed by atoms with Crippen molar-refractivity contribution in [3.05, 3.63) is 28.8 Å². The molecule has 0 fully saturated rings. The first-order valence-corrected chi connectivity index (χ1v) is 5.80. The average Bonchev–Trinajstić information content (AvgIpc) is 2.19. The highest BCUT2D eigenvalue weighted by Gasteiger charge is 2.08. The largest absolute Gasteiger partial charge is 0.462 e. The van der Waals surface area contributed by atoms with Crippen LogP contribution in [0.1, 0.15) is 17.3 Å². The number of carbonyl (C=O) groups excluding carboxylic acids is 1. The second-order valence-corrected chi connectivity index (χ2v) is 3.83. The lowest BCUT2D eigenvalue weighted by molar-refractivity contribution is 0.0526. The first-order chi connectivity index (χ1) is 6.69. The Bertz CT molecular complexity index is 339. The Morgan fingerprint density at radius 1 is 1.57 bits per heavy atom. The van der Waals surface area contributed by atoms with Crippen molar-refractivity contribution in [1.29, 1.82) is 0 Å². The third kappa shape index (κ3) is 2.66. The van der Waals surface area contributed by atoms with Gasteiger partial charge in [-0.3, -0.25) is 0 Å². The molecule has 1 aromatic rings. The van der Waals surface area contributed by atoms with Gasteiger partial charge >= 0.3 is 5.97 Å². The van der Waals surface area contributed by atoms with E-state index in [2.05, 4.69) is 0 Å². The van der Waals surface area contributed by atoms with E-state index >= 15 is 0 Å². The van der Waals surface area contributed by atoms with Crippen molar-refractivity contribution in [3.8, 4) is 0 Å². The molecule has 4 heteroatoms. The summed E-state index contributed by atoms with van der Waals surface area (Å²) in [6, 6.07) is 5.12. The van der Waals surface area contributed by atoms with Crippen molar-refractivity contribution < 1.29 is 9.53 Å². The normalized spacial score (nSPS) is 9.93. The van der Waals surface area contributed by atoms with Crippen LogP contribution in [0.3, 0.4) is 0 Å². The van der Waals surface area contributed by atoms with E-state index in [-0.39, 0.29) is 5.97 Å². The smallest absolute Gasteiger partial charge is 0.338 e. The summed E-state index contributed by atoms with van der Waals surface area (Å²) in [5.74, 6) is -0.306. The van der Waals surface area contributed by atoms with Gasteiger partial charge in [0.25, 0.3) is 0 Å². The number of hydrogen-bond donors (Lipinski definition) is 0. The van der Waals surface area contributed by atoms with Crippen LogP contribution in [0, 0.1) is 0 Å². The lowest BCUT2D eigenvalue weighted by Crippen LogP contribution is -2.04. The topological polar surface area (TPSA) is 26.3 Å². The highest BCUT2D eigenvalue weighted by molar-refractivity contribution is 7.98. The highest BCUT2D eigenvalue weighted by atomic mass is 35.5. The van der Waals surface area contributed by atoms with E-state index in [4.69, 9.17) is 16.3 Å². The van der Waals surface area contributed by atoms with Crippen molar-refractivity contribution in [2.75, 3.05) is 12.9 Å². The van der Waals surface area contributed by atoms with Gasteiger partial charge in [-0.25, -0.2) is 4.79 Å². The van der Waals surface area contributed by atoms with Gasteiger partial charge in [-0.15, -0.1) is 11.8 Å². The van der Waals surface area contributed by atoms with Gasteiger partial charge in [0.1, 0.15) is 0 Å². The number of rotatable bonds is 3. The zero-order valence-electron chi connectivity index (χ0n) is 8.04. The maximum absolute atomic E-state index is 11.3. The molecule has 2 nitrogen and oxygen atoms in total. The zero-order valence-corrected chi connectivity index (χ0v) is 9.61. The molecule has 0 bridgehead atoms. The van der Waals surface area contributed by atoms with Crippen LogP contribution >= 0.6 is 23.4 Å². The summed E-state index contributed by atoms with van der Waals surface area (Å²) in [5.41, 5.74) is 0.542. The summed E-state index contributed by atoms with van der Waals surface area (Å²) in [6.45, 7) is 2.17. The van der Waals surface area contributed by atoms with Crippen LogP contribution < -0.4 is 0 Å². The van der Waals surface area contributed by atoms with Gasteiger partial charge in [-0.2, -0.15) is 0 Å². The van der Waals surface area contributed by atoms with Gasteiger partial charge in [-0.05, 0) is 31.4 Å². The second-order valence-electron chi connectivity index (χ2n) is 2.57. The predicted octanol–water partition coefficient (Wildman–Crippen LogP) is 3.24. The molecule has 0 unspecified atom stereocenters. The summed E-state index contributed by atoms with van der Waals surface area (Å²) >= 11 is 7.41. The number of esters is 1. The molecule has 0 aliphatic heterocycles. The number of carbonyl (C=O) groups is 1. The first kappa shape index (κ1) is 11.4. The molecule has 1 aromatic carbocycles. The molecular weight excluding hydrogens is 220 g/mol. The van der Waals surface area contributed by atoms with Gasteiger partial charge < -0.3 is 4.74 Å². The number of halogens is 1. The fraction of sp³-hybridized carbons (Fsp3) is 0.300. The molecule has 1 rings (SSSR count). The standard InChI is InChI=1S/C10H11ClO2S/c1-3-13-10(12)7-4-5-8(11)9(6-7)14-2/h4-6H,3H2,1-2H3. The Balaban J connectivity index is 2.94.